The van der Waals surface area contributed by atoms with E-state index in [4.69, 9.17) is 16.3 Å². The first-order valence-corrected chi connectivity index (χ1v) is 10.3. The van der Waals surface area contributed by atoms with Gasteiger partial charge in [0.25, 0.3) is 0 Å². The van der Waals surface area contributed by atoms with Gasteiger partial charge >= 0.3 is 11.7 Å². The van der Waals surface area contributed by atoms with E-state index in [0.717, 1.165) is 15.8 Å². The molecule has 0 fully saturated rings. The number of carboxylic acids is 1. The first-order chi connectivity index (χ1) is 15.7. The van der Waals surface area contributed by atoms with Crippen LogP contribution in [0.4, 0.5) is 0 Å². The fourth-order valence-electron chi connectivity index (χ4n) is 3.66. The lowest BCUT2D eigenvalue weighted by molar-refractivity contribution is 0.0684. The van der Waals surface area contributed by atoms with Gasteiger partial charge in [-0.3, -0.25) is 4.68 Å². The predicted molar refractivity (Wildman–Crippen MR) is 121 cm³/mol. The van der Waals surface area contributed by atoms with E-state index in [0.29, 0.717) is 33.3 Å². The van der Waals surface area contributed by atoms with Gasteiger partial charge in [0.2, 0.25) is 0 Å². The number of ether oxygens (including phenoxy) is 1. The Balaban J connectivity index is 1.63. The quantitative estimate of drug-likeness (QED) is 0.462. The SMILES string of the molecule is Cc1cc(-c2nn(C)c(C(=O)O)c2C)ccc1OCc1c(Cl)cccc1-n1nnn(C)c1=O. The van der Waals surface area contributed by atoms with Crippen LogP contribution in [0.5, 0.6) is 5.75 Å². The van der Waals surface area contributed by atoms with Crippen molar-refractivity contribution in [3.63, 3.8) is 0 Å². The molecule has 0 aliphatic heterocycles. The van der Waals surface area contributed by atoms with Gasteiger partial charge in [0.05, 0.1) is 11.4 Å². The number of benzene rings is 2. The summed E-state index contributed by atoms with van der Waals surface area (Å²) >= 11 is 6.40. The zero-order valence-corrected chi connectivity index (χ0v) is 19.2. The van der Waals surface area contributed by atoms with E-state index in [1.54, 1.807) is 38.2 Å². The monoisotopic (exact) mass is 468 g/mol. The van der Waals surface area contributed by atoms with Gasteiger partial charge in [-0.2, -0.15) is 14.5 Å². The molecule has 11 heteroatoms. The van der Waals surface area contributed by atoms with Gasteiger partial charge in [-0.1, -0.05) is 17.7 Å². The fourth-order valence-corrected chi connectivity index (χ4v) is 3.89. The van der Waals surface area contributed by atoms with Gasteiger partial charge in [-0.05, 0) is 60.2 Å². The van der Waals surface area contributed by atoms with Crippen LogP contribution in [0.15, 0.2) is 41.2 Å². The van der Waals surface area contributed by atoms with E-state index >= 15 is 0 Å². The maximum atomic E-state index is 12.3. The Hall–Kier alpha value is -3.92. The molecule has 0 atom stereocenters. The van der Waals surface area contributed by atoms with Gasteiger partial charge in [0.1, 0.15) is 18.1 Å². The number of rotatable bonds is 6. The highest BCUT2D eigenvalue weighted by Crippen LogP contribution is 2.30. The lowest BCUT2D eigenvalue weighted by atomic mass is 10.0. The molecule has 0 aliphatic carbocycles. The van der Waals surface area contributed by atoms with Crippen LogP contribution in [0, 0.1) is 13.8 Å². The molecular formula is C22H21ClN6O4. The average Bonchev–Trinajstić information content (AvgIpc) is 3.25. The number of nitrogens with zero attached hydrogens (tertiary/aromatic N) is 6. The molecule has 0 amide bonds. The van der Waals surface area contributed by atoms with Crippen LogP contribution in [-0.2, 0) is 20.7 Å². The normalized spacial score (nSPS) is 11.1. The number of tetrazole rings is 1. The second-order valence-electron chi connectivity index (χ2n) is 7.55. The minimum atomic E-state index is -1.02. The minimum Gasteiger partial charge on any atom is -0.488 e. The Morgan fingerprint density at radius 2 is 1.88 bits per heavy atom. The Morgan fingerprint density at radius 1 is 1.12 bits per heavy atom. The van der Waals surface area contributed by atoms with Gasteiger partial charge in [-0.25, -0.2) is 9.59 Å². The zero-order chi connectivity index (χ0) is 23.9. The molecule has 33 heavy (non-hydrogen) atoms. The summed E-state index contributed by atoms with van der Waals surface area (Å²) in [7, 11) is 3.12. The van der Waals surface area contributed by atoms with Crippen molar-refractivity contribution in [1.29, 1.82) is 0 Å². The van der Waals surface area contributed by atoms with Crippen molar-refractivity contribution in [2.24, 2.45) is 14.1 Å². The van der Waals surface area contributed by atoms with E-state index in [-0.39, 0.29) is 12.3 Å². The van der Waals surface area contributed by atoms with E-state index in [2.05, 4.69) is 15.5 Å². The molecule has 0 unspecified atom stereocenters. The van der Waals surface area contributed by atoms with Crippen molar-refractivity contribution in [3.05, 3.63) is 74.3 Å². The van der Waals surface area contributed by atoms with E-state index in [1.807, 2.05) is 19.1 Å². The Kier molecular flexibility index (Phi) is 5.77. The minimum absolute atomic E-state index is 0.101. The zero-order valence-electron chi connectivity index (χ0n) is 18.4. The van der Waals surface area contributed by atoms with Crippen molar-refractivity contribution in [3.8, 4) is 22.7 Å². The van der Waals surface area contributed by atoms with Crippen molar-refractivity contribution < 1.29 is 14.6 Å². The molecule has 1 N–H and O–H groups in total. The van der Waals surface area contributed by atoms with Gasteiger partial charge < -0.3 is 9.84 Å². The highest BCUT2D eigenvalue weighted by Gasteiger charge is 2.20. The molecule has 2 heterocycles. The van der Waals surface area contributed by atoms with Crippen molar-refractivity contribution in [2.45, 2.75) is 20.5 Å². The average molecular weight is 469 g/mol. The summed E-state index contributed by atoms with van der Waals surface area (Å²) in [5.41, 5.74) is 3.63. The molecule has 170 valence electrons. The van der Waals surface area contributed by atoms with Crippen molar-refractivity contribution >= 4 is 17.6 Å². The molecule has 0 bridgehead atoms. The van der Waals surface area contributed by atoms with Crippen molar-refractivity contribution in [2.75, 3.05) is 0 Å². The molecule has 4 rings (SSSR count). The molecule has 0 saturated carbocycles. The summed E-state index contributed by atoms with van der Waals surface area (Å²) in [4.78, 5) is 23.8. The lowest BCUT2D eigenvalue weighted by Gasteiger charge is -2.14. The third-order valence-electron chi connectivity index (χ3n) is 5.35. The standard InChI is InChI=1S/C22H21ClN6O4/c1-12-10-14(19-13(2)20(21(30)31)27(3)24-19)8-9-18(12)33-11-15-16(23)6-5-7-17(15)29-22(32)28(4)25-26-29/h5-10H,11H2,1-4H3,(H,30,31). The summed E-state index contributed by atoms with van der Waals surface area (Å²) in [5, 5.41) is 21.8. The number of carbonyl (C=O) groups is 1. The first kappa shape index (κ1) is 22.3. The Morgan fingerprint density at radius 3 is 2.48 bits per heavy atom. The molecule has 0 spiro atoms. The number of halogens is 1. The summed E-state index contributed by atoms with van der Waals surface area (Å²) in [6.07, 6.45) is 0. The Bertz CT molecular complexity index is 1440. The fraction of sp³-hybridized carbons (Fsp3) is 0.227. The van der Waals surface area contributed by atoms with Gasteiger partial charge in [0, 0.05) is 35.8 Å². The third kappa shape index (κ3) is 4.00. The maximum Gasteiger partial charge on any atom is 0.368 e. The topological polar surface area (TPSA) is 117 Å². The third-order valence-corrected chi connectivity index (χ3v) is 5.71. The number of hydrogen-bond donors (Lipinski definition) is 1. The molecule has 2 aromatic heterocycles. The van der Waals surface area contributed by atoms with Gasteiger partial charge in [-0.15, -0.1) is 0 Å². The van der Waals surface area contributed by atoms with Crippen LogP contribution in [-0.4, -0.2) is 40.6 Å². The lowest BCUT2D eigenvalue weighted by Crippen LogP contribution is -2.23. The highest BCUT2D eigenvalue weighted by molar-refractivity contribution is 6.31. The van der Waals surface area contributed by atoms with Crippen LogP contribution in [0.25, 0.3) is 16.9 Å². The number of hydrogen-bond acceptors (Lipinski definition) is 6. The summed E-state index contributed by atoms with van der Waals surface area (Å²) < 4.78 is 9.69. The number of aromatic nitrogens is 6. The largest absolute Gasteiger partial charge is 0.488 e. The van der Waals surface area contributed by atoms with Crippen LogP contribution in [0.3, 0.4) is 0 Å². The van der Waals surface area contributed by atoms with E-state index < -0.39 is 11.7 Å². The number of carboxylic acid groups (broad SMARTS) is 1. The smallest absolute Gasteiger partial charge is 0.368 e. The number of aromatic carboxylic acids is 1. The van der Waals surface area contributed by atoms with Crippen LogP contribution < -0.4 is 10.4 Å². The summed E-state index contributed by atoms with van der Waals surface area (Å²) in [5.74, 6) is -0.411. The van der Waals surface area contributed by atoms with Crippen LogP contribution in [0.2, 0.25) is 5.02 Å². The Labute approximate surface area is 193 Å². The van der Waals surface area contributed by atoms with E-state index in [9.17, 15) is 14.7 Å². The summed E-state index contributed by atoms with van der Waals surface area (Å²) in [6, 6.07) is 10.7. The molecule has 0 radical (unpaired) electrons. The first-order valence-electron chi connectivity index (χ1n) is 9.96. The molecule has 0 saturated heterocycles. The second kappa shape index (κ2) is 8.55. The second-order valence-corrected chi connectivity index (χ2v) is 7.96. The van der Waals surface area contributed by atoms with Crippen molar-refractivity contribution in [1.82, 2.24) is 29.6 Å². The summed E-state index contributed by atoms with van der Waals surface area (Å²) in [6.45, 7) is 3.72. The van der Waals surface area contributed by atoms with Crippen LogP contribution in [0.1, 0.15) is 27.2 Å². The van der Waals surface area contributed by atoms with E-state index in [1.165, 1.54) is 16.4 Å². The molecule has 2 aromatic carbocycles. The number of aryl methyl sites for hydroxylation is 3. The molecule has 0 aliphatic rings. The molecule has 10 nitrogen and oxygen atoms in total. The van der Waals surface area contributed by atoms with Gasteiger partial charge in [0.15, 0.2) is 0 Å². The predicted octanol–water partition coefficient (Wildman–Crippen LogP) is 2.91. The molecular weight excluding hydrogens is 448 g/mol. The van der Waals surface area contributed by atoms with Crippen LogP contribution >= 0.6 is 11.6 Å². The highest BCUT2D eigenvalue weighted by atomic mass is 35.5. The molecule has 4 aromatic rings. The maximum absolute atomic E-state index is 12.3.